The van der Waals surface area contributed by atoms with Crippen LogP contribution in [0.5, 0.6) is 5.75 Å². The van der Waals surface area contributed by atoms with Crippen molar-refractivity contribution >= 4 is 34.1 Å². The summed E-state index contributed by atoms with van der Waals surface area (Å²) in [5.74, 6) is 0.763. The van der Waals surface area contributed by atoms with Crippen LogP contribution < -0.4 is 10.5 Å². The van der Waals surface area contributed by atoms with Crippen LogP contribution in [0.3, 0.4) is 0 Å². The molecule has 0 atom stereocenters. The van der Waals surface area contributed by atoms with Gasteiger partial charge in [0.15, 0.2) is 0 Å². The van der Waals surface area contributed by atoms with E-state index in [2.05, 4.69) is 30.3 Å². The summed E-state index contributed by atoms with van der Waals surface area (Å²) in [6, 6.07) is 24.0. The Morgan fingerprint density at radius 1 is 1.04 bits per heavy atom. The zero-order valence-corrected chi connectivity index (χ0v) is 14.3. The third-order valence-electron chi connectivity index (χ3n) is 3.80. The first-order chi connectivity index (χ1) is 12.2. The average molecular weight is 344 g/mol. The quantitative estimate of drug-likeness (QED) is 0.417. The molecule has 0 spiro atoms. The Morgan fingerprint density at radius 3 is 2.44 bits per heavy atom. The lowest BCUT2D eigenvalue weighted by Crippen LogP contribution is -2.09. The lowest BCUT2D eigenvalue weighted by atomic mass is 10.1. The standard InChI is InChI=1S/C21H16N2OS/c22-13-19(21(23)25)11-15-6-9-20(10-7-15)24-14-16-5-8-17-3-1-2-4-18(17)12-16/h1-12H,14H2,(H2,23,25)/b19-11-. The fourth-order valence-electron chi connectivity index (χ4n) is 2.48. The molecule has 3 rings (SSSR count). The summed E-state index contributed by atoms with van der Waals surface area (Å²) in [6.07, 6.45) is 1.66. The van der Waals surface area contributed by atoms with E-state index in [0.29, 0.717) is 12.2 Å². The number of nitrogens with zero attached hydrogens (tertiary/aromatic N) is 1. The van der Waals surface area contributed by atoms with Crippen LogP contribution in [0.15, 0.2) is 72.3 Å². The van der Waals surface area contributed by atoms with E-state index in [0.717, 1.165) is 16.9 Å². The molecule has 0 aliphatic carbocycles. The maximum absolute atomic E-state index is 8.99. The number of hydrogen-bond donors (Lipinski definition) is 1. The molecule has 0 aliphatic rings. The Morgan fingerprint density at radius 2 is 1.76 bits per heavy atom. The van der Waals surface area contributed by atoms with E-state index in [1.165, 1.54) is 10.8 Å². The number of fused-ring (bicyclic) bond motifs is 1. The molecule has 3 aromatic carbocycles. The summed E-state index contributed by atoms with van der Waals surface area (Å²) in [6.45, 7) is 0.496. The minimum atomic E-state index is 0.0964. The Kier molecular flexibility index (Phi) is 5.08. The molecular formula is C21H16N2OS. The molecule has 4 heteroatoms. The number of benzene rings is 3. The van der Waals surface area contributed by atoms with Gasteiger partial charge in [-0.05, 0) is 46.2 Å². The second-order valence-electron chi connectivity index (χ2n) is 5.57. The molecule has 25 heavy (non-hydrogen) atoms. The SMILES string of the molecule is N#C/C(=C/c1ccc(OCc2ccc3ccccc3c2)cc1)C(N)=S. The van der Waals surface area contributed by atoms with Gasteiger partial charge >= 0.3 is 0 Å². The van der Waals surface area contributed by atoms with Crippen LogP contribution in [0.1, 0.15) is 11.1 Å². The van der Waals surface area contributed by atoms with Crippen LogP contribution in [0.25, 0.3) is 16.8 Å². The molecule has 0 unspecified atom stereocenters. The van der Waals surface area contributed by atoms with Gasteiger partial charge in [0.1, 0.15) is 23.4 Å². The minimum Gasteiger partial charge on any atom is -0.489 e. The van der Waals surface area contributed by atoms with Crippen LogP contribution in [-0.4, -0.2) is 4.99 Å². The molecule has 0 saturated heterocycles. The van der Waals surface area contributed by atoms with Crippen LogP contribution in [0, 0.1) is 11.3 Å². The maximum atomic E-state index is 8.99. The third kappa shape index (κ3) is 4.23. The Hall–Kier alpha value is -3.16. The van der Waals surface area contributed by atoms with Crippen molar-refractivity contribution in [3.05, 3.63) is 83.4 Å². The van der Waals surface area contributed by atoms with E-state index >= 15 is 0 Å². The Bertz CT molecular complexity index is 985. The first-order valence-corrected chi connectivity index (χ1v) is 8.19. The van der Waals surface area contributed by atoms with Gasteiger partial charge in [0.25, 0.3) is 0 Å². The van der Waals surface area contributed by atoms with Gasteiger partial charge < -0.3 is 10.5 Å². The second kappa shape index (κ2) is 7.61. The molecule has 3 aromatic rings. The smallest absolute Gasteiger partial charge is 0.119 e. The van der Waals surface area contributed by atoms with Gasteiger partial charge in [-0.3, -0.25) is 0 Å². The Labute approximate surface area is 152 Å². The van der Waals surface area contributed by atoms with Gasteiger partial charge in [0.05, 0.1) is 5.57 Å². The zero-order chi connectivity index (χ0) is 17.6. The van der Waals surface area contributed by atoms with Crippen molar-refractivity contribution in [3.63, 3.8) is 0 Å². The Balaban J connectivity index is 1.69. The normalized spacial score (nSPS) is 11.1. The molecule has 2 N–H and O–H groups in total. The van der Waals surface area contributed by atoms with Crippen molar-refractivity contribution in [3.8, 4) is 11.8 Å². The molecular weight excluding hydrogens is 328 g/mol. The van der Waals surface area contributed by atoms with Gasteiger partial charge in [-0.2, -0.15) is 5.26 Å². The molecule has 0 aliphatic heterocycles. The van der Waals surface area contributed by atoms with Crippen molar-refractivity contribution in [1.29, 1.82) is 5.26 Å². The number of ether oxygens (including phenoxy) is 1. The first kappa shape index (κ1) is 16.7. The summed E-state index contributed by atoms with van der Waals surface area (Å²) in [7, 11) is 0. The molecule has 122 valence electrons. The van der Waals surface area contributed by atoms with E-state index in [1.54, 1.807) is 6.08 Å². The zero-order valence-electron chi connectivity index (χ0n) is 13.5. The van der Waals surface area contributed by atoms with E-state index in [4.69, 9.17) is 28.0 Å². The molecule has 0 amide bonds. The van der Waals surface area contributed by atoms with E-state index in [-0.39, 0.29) is 4.99 Å². The fraction of sp³-hybridized carbons (Fsp3) is 0.0476. The number of nitriles is 1. The second-order valence-corrected chi connectivity index (χ2v) is 6.01. The third-order valence-corrected chi connectivity index (χ3v) is 4.02. The monoisotopic (exact) mass is 344 g/mol. The summed E-state index contributed by atoms with van der Waals surface area (Å²) >= 11 is 4.83. The average Bonchev–Trinajstić information content (AvgIpc) is 2.65. The van der Waals surface area contributed by atoms with Crippen LogP contribution in [-0.2, 0) is 6.61 Å². The molecule has 0 saturated carbocycles. The number of nitrogens with two attached hydrogens (primary N) is 1. The summed E-state index contributed by atoms with van der Waals surface area (Å²) in [5.41, 5.74) is 7.75. The topological polar surface area (TPSA) is 59.0 Å². The lowest BCUT2D eigenvalue weighted by molar-refractivity contribution is 0.306. The van der Waals surface area contributed by atoms with Gasteiger partial charge in [0.2, 0.25) is 0 Å². The molecule has 0 radical (unpaired) electrons. The molecule has 3 nitrogen and oxygen atoms in total. The molecule has 0 heterocycles. The number of thiocarbonyl (C=S) groups is 1. The van der Waals surface area contributed by atoms with Crippen molar-refractivity contribution in [2.24, 2.45) is 5.73 Å². The summed E-state index contributed by atoms with van der Waals surface area (Å²) in [5, 5.41) is 11.4. The van der Waals surface area contributed by atoms with Gasteiger partial charge in [-0.15, -0.1) is 0 Å². The minimum absolute atomic E-state index is 0.0964. The van der Waals surface area contributed by atoms with Crippen LogP contribution in [0.4, 0.5) is 0 Å². The highest BCUT2D eigenvalue weighted by Crippen LogP contribution is 2.19. The van der Waals surface area contributed by atoms with E-state index in [1.807, 2.05) is 42.5 Å². The van der Waals surface area contributed by atoms with E-state index < -0.39 is 0 Å². The van der Waals surface area contributed by atoms with Crippen molar-refractivity contribution in [1.82, 2.24) is 0 Å². The highest BCUT2D eigenvalue weighted by Gasteiger charge is 2.01. The van der Waals surface area contributed by atoms with E-state index in [9.17, 15) is 0 Å². The van der Waals surface area contributed by atoms with Crippen LogP contribution in [0.2, 0.25) is 0 Å². The summed E-state index contributed by atoms with van der Waals surface area (Å²) < 4.78 is 5.84. The lowest BCUT2D eigenvalue weighted by Gasteiger charge is -2.08. The van der Waals surface area contributed by atoms with Gasteiger partial charge in [-0.25, -0.2) is 0 Å². The van der Waals surface area contributed by atoms with Crippen LogP contribution >= 0.6 is 12.2 Å². The highest BCUT2D eigenvalue weighted by atomic mass is 32.1. The molecule has 0 bridgehead atoms. The van der Waals surface area contributed by atoms with Crippen molar-refractivity contribution in [2.45, 2.75) is 6.61 Å². The molecule has 0 aromatic heterocycles. The predicted molar refractivity (Wildman–Crippen MR) is 105 cm³/mol. The predicted octanol–water partition coefficient (Wildman–Crippen LogP) is 4.61. The first-order valence-electron chi connectivity index (χ1n) is 7.78. The van der Waals surface area contributed by atoms with Crippen molar-refractivity contribution in [2.75, 3.05) is 0 Å². The largest absolute Gasteiger partial charge is 0.489 e. The fourth-order valence-corrected chi connectivity index (χ4v) is 2.59. The molecule has 0 fully saturated rings. The van der Waals surface area contributed by atoms with Crippen molar-refractivity contribution < 1.29 is 4.74 Å². The van der Waals surface area contributed by atoms with Gasteiger partial charge in [0, 0.05) is 0 Å². The number of hydrogen-bond acceptors (Lipinski definition) is 3. The van der Waals surface area contributed by atoms with Gasteiger partial charge in [-0.1, -0.05) is 60.7 Å². The summed E-state index contributed by atoms with van der Waals surface area (Å²) in [4.78, 5) is 0.0964. The highest BCUT2D eigenvalue weighted by molar-refractivity contribution is 7.80. The number of rotatable bonds is 5. The maximum Gasteiger partial charge on any atom is 0.119 e.